The molecule has 2 N–H and O–H groups in total. The van der Waals surface area contributed by atoms with E-state index >= 15 is 0 Å². The Kier molecular flexibility index (Phi) is 12.2. The summed E-state index contributed by atoms with van der Waals surface area (Å²) in [6, 6.07) is 8.22. The molecular formula is C22H38N4O3. The van der Waals surface area contributed by atoms with Gasteiger partial charge in [0, 0.05) is 53.0 Å². The second kappa shape index (κ2) is 15.1. The molecule has 7 heteroatoms. The molecular weight excluding hydrogens is 368 g/mol. The van der Waals surface area contributed by atoms with Crippen LogP contribution in [0.4, 0.5) is 0 Å². The van der Waals surface area contributed by atoms with Gasteiger partial charge in [-0.2, -0.15) is 0 Å². The van der Waals surface area contributed by atoms with Gasteiger partial charge in [0.15, 0.2) is 5.96 Å². The lowest BCUT2D eigenvalue weighted by Crippen LogP contribution is -2.38. The van der Waals surface area contributed by atoms with Gasteiger partial charge in [0.2, 0.25) is 0 Å². The van der Waals surface area contributed by atoms with Gasteiger partial charge in [0.25, 0.3) is 0 Å². The molecule has 1 aromatic carbocycles. The Hall–Kier alpha value is -1.83. The molecule has 0 unspecified atom stereocenters. The van der Waals surface area contributed by atoms with Gasteiger partial charge in [-0.3, -0.25) is 9.89 Å². The van der Waals surface area contributed by atoms with Crippen molar-refractivity contribution in [1.82, 2.24) is 15.5 Å². The first kappa shape index (κ1) is 23.4. The fraction of sp³-hybridized carbons (Fsp3) is 0.682. The summed E-state index contributed by atoms with van der Waals surface area (Å²) in [5.74, 6) is 1.71. The summed E-state index contributed by atoms with van der Waals surface area (Å²) in [6.45, 7) is 10.6. The Morgan fingerprint density at radius 2 is 1.97 bits per heavy atom. The lowest BCUT2D eigenvalue weighted by molar-refractivity contribution is 0.0322. The van der Waals surface area contributed by atoms with Crippen LogP contribution >= 0.6 is 0 Å². The van der Waals surface area contributed by atoms with Gasteiger partial charge in [-0.05, 0) is 30.5 Å². The largest absolute Gasteiger partial charge is 0.492 e. The number of guanidine groups is 1. The van der Waals surface area contributed by atoms with Crippen LogP contribution < -0.4 is 15.4 Å². The van der Waals surface area contributed by atoms with E-state index in [0.29, 0.717) is 13.2 Å². The first-order chi connectivity index (χ1) is 14.3. The van der Waals surface area contributed by atoms with Gasteiger partial charge < -0.3 is 24.8 Å². The second-order valence-corrected chi connectivity index (χ2v) is 7.12. The van der Waals surface area contributed by atoms with Crippen LogP contribution in [0.3, 0.4) is 0 Å². The zero-order valence-corrected chi connectivity index (χ0v) is 18.1. The van der Waals surface area contributed by atoms with Gasteiger partial charge in [0.05, 0.1) is 13.2 Å². The minimum Gasteiger partial charge on any atom is -0.492 e. The van der Waals surface area contributed by atoms with E-state index in [1.807, 2.05) is 12.1 Å². The molecule has 0 amide bonds. The van der Waals surface area contributed by atoms with Crippen molar-refractivity contribution in [2.75, 3.05) is 66.3 Å². The second-order valence-electron chi connectivity index (χ2n) is 7.12. The molecule has 0 aliphatic carbocycles. The maximum Gasteiger partial charge on any atom is 0.191 e. The summed E-state index contributed by atoms with van der Waals surface area (Å²) < 4.78 is 16.9. The number of benzene rings is 1. The van der Waals surface area contributed by atoms with Crippen molar-refractivity contribution in [3.8, 4) is 5.75 Å². The molecule has 0 bridgehead atoms. The van der Waals surface area contributed by atoms with Crippen molar-refractivity contribution in [3.05, 3.63) is 29.8 Å². The van der Waals surface area contributed by atoms with E-state index in [1.54, 1.807) is 7.05 Å². The summed E-state index contributed by atoms with van der Waals surface area (Å²) in [5, 5.41) is 6.68. The Balaban J connectivity index is 1.62. The van der Waals surface area contributed by atoms with Crippen molar-refractivity contribution < 1.29 is 14.2 Å². The molecule has 2 rings (SSSR count). The number of nitrogens with one attached hydrogen (secondary N) is 2. The molecule has 0 radical (unpaired) electrons. The number of nitrogens with zero attached hydrogens (tertiary/aromatic N) is 2. The SMILES string of the molecule is CCCCOCCCNC(=NC)NCc1cccc(OCCN2CCOCC2)c1. The van der Waals surface area contributed by atoms with Crippen LogP contribution in [0, 0.1) is 0 Å². The summed E-state index contributed by atoms with van der Waals surface area (Å²) in [6.07, 6.45) is 3.28. The van der Waals surface area contributed by atoms with E-state index in [1.165, 1.54) is 12.0 Å². The number of aliphatic imine (C=N–C) groups is 1. The topological polar surface area (TPSA) is 67.3 Å². The van der Waals surface area contributed by atoms with Crippen molar-refractivity contribution >= 4 is 5.96 Å². The van der Waals surface area contributed by atoms with E-state index in [4.69, 9.17) is 14.2 Å². The molecule has 1 fully saturated rings. The molecule has 164 valence electrons. The highest BCUT2D eigenvalue weighted by atomic mass is 16.5. The van der Waals surface area contributed by atoms with Crippen LogP contribution in [0.2, 0.25) is 0 Å². The standard InChI is InChI=1S/C22H38N4O3/c1-3-4-13-27-14-6-9-24-22(23-2)25-19-20-7-5-8-21(18-20)29-17-12-26-10-15-28-16-11-26/h5,7-8,18H,3-4,6,9-17,19H2,1-2H3,(H2,23,24,25). The van der Waals surface area contributed by atoms with E-state index < -0.39 is 0 Å². The quantitative estimate of drug-likeness (QED) is 0.298. The van der Waals surface area contributed by atoms with E-state index in [2.05, 4.69) is 39.6 Å². The van der Waals surface area contributed by atoms with Gasteiger partial charge in [0.1, 0.15) is 12.4 Å². The summed E-state index contributed by atoms with van der Waals surface area (Å²) in [5.41, 5.74) is 1.17. The highest BCUT2D eigenvalue weighted by Crippen LogP contribution is 2.13. The van der Waals surface area contributed by atoms with Gasteiger partial charge in [-0.1, -0.05) is 25.5 Å². The fourth-order valence-corrected chi connectivity index (χ4v) is 3.00. The van der Waals surface area contributed by atoms with Crippen molar-refractivity contribution in [2.45, 2.75) is 32.7 Å². The van der Waals surface area contributed by atoms with E-state index in [9.17, 15) is 0 Å². The first-order valence-electron chi connectivity index (χ1n) is 10.9. The minimum absolute atomic E-state index is 0.695. The number of ether oxygens (including phenoxy) is 3. The number of hydrogen-bond acceptors (Lipinski definition) is 5. The van der Waals surface area contributed by atoms with Crippen LogP contribution in [-0.2, 0) is 16.0 Å². The Labute approximate surface area is 175 Å². The van der Waals surface area contributed by atoms with E-state index in [0.717, 1.165) is 77.2 Å². The molecule has 0 spiro atoms. The van der Waals surface area contributed by atoms with Crippen LogP contribution in [-0.4, -0.2) is 77.1 Å². The third kappa shape index (κ3) is 10.5. The Bertz CT molecular complexity index is 577. The van der Waals surface area contributed by atoms with Gasteiger partial charge >= 0.3 is 0 Å². The van der Waals surface area contributed by atoms with Crippen LogP contribution in [0.25, 0.3) is 0 Å². The van der Waals surface area contributed by atoms with Crippen molar-refractivity contribution in [2.24, 2.45) is 4.99 Å². The lowest BCUT2D eigenvalue weighted by atomic mass is 10.2. The number of rotatable bonds is 13. The monoisotopic (exact) mass is 406 g/mol. The average molecular weight is 407 g/mol. The molecule has 0 aromatic heterocycles. The zero-order valence-electron chi connectivity index (χ0n) is 18.1. The normalized spacial score (nSPS) is 15.3. The average Bonchev–Trinajstić information content (AvgIpc) is 2.76. The molecule has 0 atom stereocenters. The molecule has 7 nitrogen and oxygen atoms in total. The summed E-state index contributed by atoms with van der Waals surface area (Å²) in [4.78, 5) is 6.66. The predicted octanol–water partition coefficient (Wildman–Crippen LogP) is 2.27. The van der Waals surface area contributed by atoms with Crippen molar-refractivity contribution in [1.29, 1.82) is 0 Å². The lowest BCUT2D eigenvalue weighted by Gasteiger charge is -2.26. The molecule has 1 aromatic rings. The summed E-state index contributed by atoms with van der Waals surface area (Å²) in [7, 11) is 1.79. The van der Waals surface area contributed by atoms with Gasteiger partial charge in [-0.25, -0.2) is 0 Å². The van der Waals surface area contributed by atoms with Crippen LogP contribution in [0.1, 0.15) is 31.7 Å². The van der Waals surface area contributed by atoms with Crippen molar-refractivity contribution in [3.63, 3.8) is 0 Å². The van der Waals surface area contributed by atoms with Crippen LogP contribution in [0.15, 0.2) is 29.3 Å². The Morgan fingerprint density at radius 1 is 1.14 bits per heavy atom. The third-order valence-electron chi connectivity index (χ3n) is 4.76. The zero-order chi connectivity index (χ0) is 20.6. The number of unbranched alkanes of at least 4 members (excludes halogenated alkanes) is 1. The Morgan fingerprint density at radius 3 is 2.76 bits per heavy atom. The molecule has 0 saturated carbocycles. The predicted molar refractivity (Wildman–Crippen MR) is 118 cm³/mol. The smallest absolute Gasteiger partial charge is 0.191 e. The third-order valence-corrected chi connectivity index (χ3v) is 4.76. The number of morpholine rings is 1. The fourth-order valence-electron chi connectivity index (χ4n) is 3.00. The maximum atomic E-state index is 5.93. The molecule has 1 aliphatic heterocycles. The van der Waals surface area contributed by atoms with Gasteiger partial charge in [-0.15, -0.1) is 0 Å². The maximum absolute atomic E-state index is 5.93. The number of hydrogen-bond donors (Lipinski definition) is 2. The highest BCUT2D eigenvalue weighted by Gasteiger charge is 2.09. The molecule has 1 aliphatic rings. The summed E-state index contributed by atoms with van der Waals surface area (Å²) >= 11 is 0. The molecule has 29 heavy (non-hydrogen) atoms. The molecule has 1 heterocycles. The van der Waals surface area contributed by atoms with E-state index in [-0.39, 0.29) is 0 Å². The minimum atomic E-state index is 0.695. The van der Waals surface area contributed by atoms with Crippen LogP contribution in [0.5, 0.6) is 5.75 Å². The first-order valence-corrected chi connectivity index (χ1v) is 10.9. The molecule has 1 saturated heterocycles. The highest BCUT2D eigenvalue weighted by molar-refractivity contribution is 5.79.